The summed E-state index contributed by atoms with van der Waals surface area (Å²) in [6, 6.07) is 8.77. The Kier molecular flexibility index (Phi) is 7.17. The fraction of sp³-hybridized carbons (Fsp3) is 0.526. The lowest BCUT2D eigenvalue weighted by molar-refractivity contribution is 0.0946. The van der Waals surface area contributed by atoms with E-state index in [1.54, 1.807) is 0 Å². The van der Waals surface area contributed by atoms with E-state index < -0.39 is 0 Å². The van der Waals surface area contributed by atoms with Gasteiger partial charge in [-0.05, 0) is 51.3 Å². The fourth-order valence-corrected chi connectivity index (χ4v) is 3.29. The second-order valence-electron chi connectivity index (χ2n) is 6.97. The number of rotatable bonds is 5. The zero-order valence-electron chi connectivity index (χ0n) is 15.7. The van der Waals surface area contributed by atoms with Crippen LogP contribution in [0.5, 0.6) is 0 Å². The number of aromatic nitrogens is 3. The molecule has 1 aromatic carbocycles. The van der Waals surface area contributed by atoms with Gasteiger partial charge in [0, 0.05) is 6.54 Å². The van der Waals surface area contributed by atoms with E-state index in [4.69, 9.17) is 0 Å². The van der Waals surface area contributed by atoms with E-state index >= 15 is 0 Å². The van der Waals surface area contributed by atoms with Gasteiger partial charge in [-0.15, -0.1) is 17.5 Å². The number of benzene rings is 1. The minimum absolute atomic E-state index is 0. The first-order valence-electron chi connectivity index (χ1n) is 9.03. The topological polar surface area (TPSA) is 71.8 Å². The van der Waals surface area contributed by atoms with Gasteiger partial charge in [0.05, 0.1) is 11.7 Å². The van der Waals surface area contributed by atoms with E-state index in [1.165, 1.54) is 11.1 Å². The second-order valence-corrected chi connectivity index (χ2v) is 6.97. The Hall–Kier alpha value is -1.92. The van der Waals surface area contributed by atoms with E-state index in [1.807, 2.05) is 11.6 Å². The summed E-state index contributed by atoms with van der Waals surface area (Å²) >= 11 is 0. The summed E-state index contributed by atoms with van der Waals surface area (Å²) in [5.41, 5.74) is 3.76. The summed E-state index contributed by atoms with van der Waals surface area (Å²) in [7, 11) is 0. The molecule has 0 radical (unpaired) electrons. The van der Waals surface area contributed by atoms with Crippen LogP contribution in [0.2, 0.25) is 0 Å². The number of piperidine rings is 1. The molecule has 1 atom stereocenters. The largest absolute Gasteiger partial charge is 0.350 e. The van der Waals surface area contributed by atoms with Crippen LogP contribution in [0.25, 0.3) is 0 Å². The van der Waals surface area contributed by atoms with Crippen LogP contribution in [0.3, 0.4) is 0 Å². The average molecular weight is 378 g/mol. The minimum Gasteiger partial charge on any atom is -0.350 e. The normalized spacial score (nSPS) is 16.0. The van der Waals surface area contributed by atoms with Crippen LogP contribution < -0.4 is 10.6 Å². The molecule has 0 spiro atoms. The van der Waals surface area contributed by atoms with E-state index in [-0.39, 0.29) is 24.2 Å². The first-order chi connectivity index (χ1) is 12.1. The highest BCUT2D eigenvalue weighted by molar-refractivity contribution is 5.93. The number of nitrogens with one attached hydrogen (secondary N) is 2. The van der Waals surface area contributed by atoms with Crippen molar-refractivity contribution in [3.05, 3.63) is 46.8 Å². The summed E-state index contributed by atoms with van der Waals surface area (Å²) in [6.07, 6.45) is 2.05. The number of hydrogen-bond acceptors (Lipinski definition) is 4. The van der Waals surface area contributed by atoms with Crippen LogP contribution >= 0.6 is 12.4 Å². The number of halogens is 1. The number of nitrogens with zero attached hydrogens (tertiary/aromatic N) is 3. The Morgan fingerprint density at radius 3 is 2.58 bits per heavy atom. The molecule has 1 aromatic heterocycles. The molecule has 1 aliphatic heterocycles. The highest BCUT2D eigenvalue weighted by Gasteiger charge is 2.23. The SMILES string of the molecule is Cc1ccc(C(C)CNC(=O)c2nnn(C3CCNCC3)c2C)cc1.Cl. The average Bonchev–Trinajstić information content (AvgIpc) is 3.02. The van der Waals surface area contributed by atoms with Gasteiger partial charge < -0.3 is 10.6 Å². The van der Waals surface area contributed by atoms with E-state index in [0.717, 1.165) is 31.6 Å². The molecule has 1 saturated heterocycles. The smallest absolute Gasteiger partial charge is 0.273 e. The van der Waals surface area contributed by atoms with Crippen LogP contribution in [-0.2, 0) is 0 Å². The second kappa shape index (κ2) is 9.14. The van der Waals surface area contributed by atoms with E-state index in [2.05, 4.69) is 59.1 Å². The summed E-state index contributed by atoms with van der Waals surface area (Å²) in [4.78, 5) is 12.5. The molecular formula is C19H28ClN5O. The molecule has 3 rings (SSSR count). The molecule has 26 heavy (non-hydrogen) atoms. The quantitative estimate of drug-likeness (QED) is 0.840. The molecule has 2 N–H and O–H groups in total. The molecule has 1 aliphatic rings. The van der Waals surface area contributed by atoms with Gasteiger partial charge in [-0.1, -0.05) is 42.0 Å². The molecule has 0 saturated carbocycles. The lowest BCUT2D eigenvalue weighted by Gasteiger charge is -2.23. The van der Waals surface area contributed by atoms with Crippen molar-refractivity contribution < 1.29 is 4.79 Å². The van der Waals surface area contributed by atoms with Gasteiger partial charge in [0.15, 0.2) is 5.69 Å². The molecule has 7 heteroatoms. The number of carbonyl (C=O) groups is 1. The molecule has 0 aliphatic carbocycles. The summed E-state index contributed by atoms with van der Waals surface area (Å²) in [6.45, 7) is 8.68. The lowest BCUT2D eigenvalue weighted by Crippen LogP contribution is -2.31. The highest BCUT2D eigenvalue weighted by Crippen LogP contribution is 2.20. The molecule has 6 nitrogen and oxygen atoms in total. The Balaban J connectivity index is 0.00000243. The van der Waals surface area contributed by atoms with Crippen molar-refractivity contribution in [1.82, 2.24) is 25.6 Å². The van der Waals surface area contributed by atoms with Crippen LogP contribution in [-0.4, -0.2) is 40.5 Å². The fourth-order valence-electron chi connectivity index (χ4n) is 3.29. The first kappa shape index (κ1) is 20.4. The maximum atomic E-state index is 12.5. The van der Waals surface area contributed by atoms with E-state index in [9.17, 15) is 4.79 Å². The van der Waals surface area contributed by atoms with Gasteiger partial charge in [0.2, 0.25) is 0 Å². The van der Waals surface area contributed by atoms with Gasteiger partial charge >= 0.3 is 0 Å². The van der Waals surface area contributed by atoms with Crippen molar-refractivity contribution in [3.63, 3.8) is 0 Å². The van der Waals surface area contributed by atoms with Crippen molar-refractivity contribution in [2.75, 3.05) is 19.6 Å². The Labute approximate surface area is 161 Å². The summed E-state index contributed by atoms with van der Waals surface area (Å²) in [5, 5.41) is 14.7. The van der Waals surface area contributed by atoms with Crippen LogP contribution in [0, 0.1) is 13.8 Å². The third-order valence-corrected chi connectivity index (χ3v) is 5.01. The number of aryl methyl sites for hydroxylation is 1. The van der Waals surface area contributed by atoms with Gasteiger partial charge in [-0.3, -0.25) is 4.79 Å². The van der Waals surface area contributed by atoms with E-state index in [0.29, 0.717) is 18.3 Å². The molecule has 142 valence electrons. The third kappa shape index (κ3) is 4.62. The van der Waals surface area contributed by atoms with Crippen LogP contribution in [0.1, 0.15) is 59.0 Å². The predicted molar refractivity (Wildman–Crippen MR) is 105 cm³/mol. The monoisotopic (exact) mass is 377 g/mol. The van der Waals surface area contributed by atoms with Gasteiger partial charge in [-0.2, -0.15) is 0 Å². The molecule has 2 heterocycles. The lowest BCUT2D eigenvalue weighted by atomic mass is 10.00. The van der Waals surface area contributed by atoms with Crippen molar-refractivity contribution in [2.45, 2.75) is 45.6 Å². The number of hydrogen-bond donors (Lipinski definition) is 2. The minimum atomic E-state index is -0.142. The summed E-state index contributed by atoms with van der Waals surface area (Å²) < 4.78 is 1.92. The van der Waals surface area contributed by atoms with Crippen molar-refractivity contribution in [3.8, 4) is 0 Å². The van der Waals surface area contributed by atoms with Crippen molar-refractivity contribution in [2.24, 2.45) is 0 Å². The highest BCUT2D eigenvalue weighted by atomic mass is 35.5. The maximum absolute atomic E-state index is 12.5. The standard InChI is InChI=1S/C19H27N5O.ClH/c1-13-4-6-16(7-5-13)14(2)12-21-19(25)18-15(3)24(23-22-18)17-8-10-20-11-9-17;/h4-7,14,17,20H,8-12H2,1-3H3,(H,21,25);1H. The molecule has 1 fully saturated rings. The maximum Gasteiger partial charge on any atom is 0.273 e. The van der Waals surface area contributed by atoms with Gasteiger partial charge in [-0.25, -0.2) is 4.68 Å². The first-order valence-corrected chi connectivity index (χ1v) is 9.03. The molecular weight excluding hydrogens is 350 g/mol. The van der Waals surface area contributed by atoms with Gasteiger partial charge in [0.1, 0.15) is 0 Å². The molecule has 1 amide bonds. The van der Waals surface area contributed by atoms with Crippen molar-refractivity contribution >= 4 is 18.3 Å². The van der Waals surface area contributed by atoms with Gasteiger partial charge in [0.25, 0.3) is 5.91 Å². The molecule has 2 aromatic rings. The Morgan fingerprint density at radius 2 is 1.92 bits per heavy atom. The van der Waals surface area contributed by atoms with Crippen LogP contribution in [0.15, 0.2) is 24.3 Å². The zero-order chi connectivity index (χ0) is 17.8. The molecule has 0 bridgehead atoms. The van der Waals surface area contributed by atoms with Crippen molar-refractivity contribution in [1.29, 1.82) is 0 Å². The number of carbonyl (C=O) groups excluding carboxylic acids is 1. The Bertz CT molecular complexity index is 722. The number of amides is 1. The zero-order valence-corrected chi connectivity index (χ0v) is 16.5. The Morgan fingerprint density at radius 1 is 1.27 bits per heavy atom. The predicted octanol–water partition coefficient (Wildman–Crippen LogP) is 2.77. The van der Waals surface area contributed by atoms with Crippen LogP contribution in [0.4, 0.5) is 0 Å². The summed E-state index contributed by atoms with van der Waals surface area (Å²) in [5.74, 6) is 0.112. The molecule has 1 unspecified atom stereocenters. The third-order valence-electron chi connectivity index (χ3n) is 5.01.